The fourth-order valence-electron chi connectivity index (χ4n) is 1.36. The largest absolute Gasteiger partial charge is 0.388 e. The quantitative estimate of drug-likeness (QED) is 0.381. The minimum Gasteiger partial charge on any atom is -0.388 e. The maximum Gasteiger partial charge on any atom is 0.175 e. The molecule has 0 spiro atoms. The summed E-state index contributed by atoms with van der Waals surface area (Å²) in [4.78, 5) is 0. The van der Waals surface area contributed by atoms with Crippen molar-refractivity contribution in [1.82, 2.24) is 0 Å². The van der Waals surface area contributed by atoms with Gasteiger partial charge in [0.05, 0.1) is 6.04 Å². The van der Waals surface area contributed by atoms with Gasteiger partial charge in [0.2, 0.25) is 0 Å². The summed E-state index contributed by atoms with van der Waals surface area (Å²) in [5.41, 5.74) is 10.9. The summed E-state index contributed by atoms with van der Waals surface area (Å²) < 4.78 is 10.1. The van der Waals surface area contributed by atoms with E-state index in [1.807, 2.05) is 0 Å². The first-order valence-corrected chi connectivity index (χ1v) is 4.11. The molecule has 1 rings (SSSR count). The Bertz CT molecular complexity index is 149. The van der Waals surface area contributed by atoms with Crippen LogP contribution in [-0.2, 0) is 9.47 Å². The molecular weight excluding hydrogens is 176 g/mol. The van der Waals surface area contributed by atoms with E-state index in [1.54, 1.807) is 0 Å². The van der Waals surface area contributed by atoms with Crippen LogP contribution in [0, 0.1) is 0 Å². The Kier molecular flexibility index (Phi) is 3.60. The van der Waals surface area contributed by atoms with Crippen molar-refractivity contribution in [2.24, 2.45) is 11.5 Å². The average molecular weight is 192 g/mol. The standard InChI is InChI=1S/C7H16N2O4/c1-12-7-4(9)6(11)5(10)3(2-8)13-7/h3-7,10-11H,2,8-9H2,1H3/t3-,4+,5+,6+,7+/m0/s1. The smallest absolute Gasteiger partial charge is 0.175 e. The number of methoxy groups -OCH3 is 1. The van der Waals surface area contributed by atoms with Crippen LogP contribution < -0.4 is 11.5 Å². The first-order chi connectivity index (χ1) is 6.11. The Morgan fingerprint density at radius 2 is 2.00 bits per heavy atom. The third-order valence-electron chi connectivity index (χ3n) is 2.21. The fourth-order valence-corrected chi connectivity index (χ4v) is 1.36. The highest BCUT2D eigenvalue weighted by Crippen LogP contribution is 2.19. The van der Waals surface area contributed by atoms with Gasteiger partial charge in [-0.1, -0.05) is 0 Å². The SMILES string of the molecule is CO[C@@H]1O[C@@H](CN)[C@@H](O)[C@H](O)[C@H]1N. The summed E-state index contributed by atoms with van der Waals surface area (Å²) in [7, 11) is 1.42. The molecule has 1 heterocycles. The lowest BCUT2D eigenvalue weighted by Gasteiger charge is -2.40. The van der Waals surface area contributed by atoms with Gasteiger partial charge in [-0.25, -0.2) is 0 Å². The zero-order valence-corrected chi connectivity index (χ0v) is 7.46. The minimum atomic E-state index is -1.06. The van der Waals surface area contributed by atoms with Gasteiger partial charge in [0.25, 0.3) is 0 Å². The van der Waals surface area contributed by atoms with Crippen LogP contribution in [0.5, 0.6) is 0 Å². The van der Waals surface area contributed by atoms with Crippen molar-refractivity contribution in [1.29, 1.82) is 0 Å². The lowest BCUT2D eigenvalue weighted by atomic mass is 9.97. The highest BCUT2D eigenvalue weighted by atomic mass is 16.7. The van der Waals surface area contributed by atoms with Gasteiger partial charge in [-0.05, 0) is 0 Å². The number of hydrogen-bond acceptors (Lipinski definition) is 6. The second-order valence-corrected chi connectivity index (χ2v) is 3.07. The van der Waals surface area contributed by atoms with E-state index in [0.29, 0.717) is 0 Å². The monoisotopic (exact) mass is 192 g/mol. The van der Waals surface area contributed by atoms with Crippen molar-refractivity contribution in [3.63, 3.8) is 0 Å². The molecular formula is C7H16N2O4. The van der Waals surface area contributed by atoms with Gasteiger partial charge in [0.1, 0.15) is 18.3 Å². The molecule has 13 heavy (non-hydrogen) atoms. The zero-order chi connectivity index (χ0) is 10.0. The van der Waals surface area contributed by atoms with E-state index in [1.165, 1.54) is 7.11 Å². The molecule has 0 radical (unpaired) electrons. The lowest BCUT2D eigenvalue weighted by Crippen LogP contribution is -2.62. The molecule has 0 amide bonds. The van der Waals surface area contributed by atoms with Crippen LogP contribution in [0.1, 0.15) is 0 Å². The van der Waals surface area contributed by atoms with E-state index in [-0.39, 0.29) is 6.54 Å². The van der Waals surface area contributed by atoms with Gasteiger partial charge in [-0.3, -0.25) is 0 Å². The molecule has 0 bridgehead atoms. The molecule has 6 nitrogen and oxygen atoms in total. The second-order valence-electron chi connectivity index (χ2n) is 3.07. The first-order valence-electron chi connectivity index (χ1n) is 4.11. The van der Waals surface area contributed by atoms with E-state index in [2.05, 4.69) is 0 Å². The van der Waals surface area contributed by atoms with Crippen LogP contribution in [0.15, 0.2) is 0 Å². The molecule has 6 heteroatoms. The molecule has 0 aromatic rings. The van der Waals surface area contributed by atoms with Gasteiger partial charge < -0.3 is 31.2 Å². The summed E-state index contributed by atoms with van der Waals surface area (Å²) in [6.45, 7) is 0.116. The van der Waals surface area contributed by atoms with Gasteiger partial charge in [-0.2, -0.15) is 0 Å². The Balaban J connectivity index is 2.66. The summed E-state index contributed by atoms with van der Waals surface area (Å²) in [6.07, 6.45) is -3.45. The number of aliphatic hydroxyl groups is 2. The number of ether oxygens (including phenoxy) is 2. The average Bonchev–Trinajstić information content (AvgIpc) is 2.15. The van der Waals surface area contributed by atoms with Crippen molar-refractivity contribution in [3.8, 4) is 0 Å². The third kappa shape index (κ3) is 1.98. The van der Waals surface area contributed by atoms with Crippen LogP contribution >= 0.6 is 0 Å². The van der Waals surface area contributed by atoms with Crippen molar-refractivity contribution < 1.29 is 19.7 Å². The van der Waals surface area contributed by atoms with Crippen LogP contribution in [-0.4, -0.2) is 54.5 Å². The molecule has 0 aliphatic carbocycles. The number of aliphatic hydroxyl groups excluding tert-OH is 2. The molecule has 78 valence electrons. The van der Waals surface area contributed by atoms with E-state index in [0.717, 1.165) is 0 Å². The highest BCUT2D eigenvalue weighted by Gasteiger charge is 2.42. The van der Waals surface area contributed by atoms with Crippen molar-refractivity contribution >= 4 is 0 Å². The molecule has 0 aromatic heterocycles. The van der Waals surface area contributed by atoms with E-state index in [4.69, 9.17) is 20.9 Å². The Morgan fingerprint density at radius 3 is 2.46 bits per heavy atom. The third-order valence-corrected chi connectivity index (χ3v) is 2.21. The van der Waals surface area contributed by atoms with E-state index < -0.39 is 30.6 Å². The highest BCUT2D eigenvalue weighted by molar-refractivity contribution is 4.91. The number of hydrogen-bond donors (Lipinski definition) is 4. The summed E-state index contributed by atoms with van der Waals surface area (Å²) >= 11 is 0. The molecule has 5 atom stereocenters. The normalized spacial score (nSPS) is 46.4. The van der Waals surface area contributed by atoms with Crippen LogP contribution in [0.4, 0.5) is 0 Å². The lowest BCUT2D eigenvalue weighted by molar-refractivity contribution is -0.248. The maximum absolute atomic E-state index is 9.46. The molecule has 1 aliphatic heterocycles. The molecule has 1 aliphatic rings. The first kappa shape index (κ1) is 10.8. The molecule has 6 N–H and O–H groups in total. The maximum atomic E-state index is 9.46. The summed E-state index contributed by atoms with van der Waals surface area (Å²) in [6, 6.07) is -0.747. The Morgan fingerprint density at radius 1 is 1.38 bits per heavy atom. The Labute approximate surface area is 76.4 Å². The van der Waals surface area contributed by atoms with E-state index in [9.17, 15) is 10.2 Å². The topological polar surface area (TPSA) is 111 Å². The molecule has 0 aromatic carbocycles. The van der Waals surface area contributed by atoms with Crippen LogP contribution in [0.3, 0.4) is 0 Å². The van der Waals surface area contributed by atoms with Crippen molar-refractivity contribution in [2.45, 2.75) is 30.6 Å². The van der Waals surface area contributed by atoms with Gasteiger partial charge in [0, 0.05) is 13.7 Å². The van der Waals surface area contributed by atoms with Crippen molar-refractivity contribution in [3.05, 3.63) is 0 Å². The van der Waals surface area contributed by atoms with Crippen molar-refractivity contribution in [2.75, 3.05) is 13.7 Å². The number of rotatable bonds is 2. The van der Waals surface area contributed by atoms with Gasteiger partial charge in [-0.15, -0.1) is 0 Å². The molecule has 1 saturated heterocycles. The van der Waals surface area contributed by atoms with Crippen LogP contribution in [0.25, 0.3) is 0 Å². The second kappa shape index (κ2) is 4.32. The predicted octanol–water partition coefficient (Wildman–Crippen LogP) is -2.63. The number of nitrogens with two attached hydrogens (primary N) is 2. The fraction of sp³-hybridized carbons (Fsp3) is 1.00. The van der Waals surface area contributed by atoms with E-state index >= 15 is 0 Å². The Hall–Kier alpha value is -0.240. The minimum absolute atomic E-state index is 0.116. The van der Waals surface area contributed by atoms with Gasteiger partial charge in [0.15, 0.2) is 6.29 Å². The summed E-state index contributed by atoms with van der Waals surface area (Å²) in [5.74, 6) is 0. The van der Waals surface area contributed by atoms with Gasteiger partial charge >= 0.3 is 0 Å². The molecule has 0 unspecified atom stereocenters. The predicted molar refractivity (Wildman–Crippen MR) is 44.7 cm³/mol. The molecule has 0 saturated carbocycles. The summed E-state index contributed by atoms with van der Waals surface area (Å²) in [5, 5.41) is 18.9. The molecule has 1 fully saturated rings. The van der Waals surface area contributed by atoms with Crippen LogP contribution in [0.2, 0.25) is 0 Å². The zero-order valence-electron chi connectivity index (χ0n) is 7.46.